The molecule has 1 aromatic carbocycles. The molecule has 3 heteroatoms. The van der Waals surface area contributed by atoms with Crippen molar-refractivity contribution >= 4 is 11.7 Å². The van der Waals surface area contributed by atoms with Crippen LogP contribution < -0.4 is 5.32 Å². The van der Waals surface area contributed by atoms with Gasteiger partial charge < -0.3 is 10.4 Å². The van der Waals surface area contributed by atoms with E-state index in [2.05, 4.69) is 11.2 Å². The van der Waals surface area contributed by atoms with E-state index in [9.17, 15) is 4.79 Å². The Morgan fingerprint density at radius 3 is 3.00 bits per heavy atom. The minimum atomic E-state index is -0.769. The van der Waals surface area contributed by atoms with E-state index >= 15 is 0 Å². The maximum absolute atomic E-state index is 10.3. The molecule has 0 amide bonds. The van der Waals surface area contributed by atoms with Gasteiger partial charge in [0, 0.05) is 24.2 Å². The van der Waals surface area contributed by atoms with Gasteiger partial charge in [-0.05, 0) is 24.6 Å². The van der Waals surface area contributed by atoms with Crippen LogP contribution in [-0.4, -0.2) is 17.6 Å². The average Bonchev–Trinajstić information content (AvgIpc) is 2.24. The fourth-order valence-electron chi connectivity index (χ4n) is 1.19. The SMILES string of the molecule is C#Cc1cccc(NCCCC(=O)O)c1. The Bertz CT molecular complexity index is 379. The molecule has 0 saturated heterocycles. The first-order chi connectivity index (χ1) is 7.22. The van der Waals surface area contributed by atoms with Gasteiger partial charge in [0.15, 0.2) is 0 Å². The van der Waals surface area contributed by atoms with Crippen LogP contribution in [0.15, 0.2) is 24.3 Å². The summed E-state index contributed by atoms with van der Waals surface area (Å²) in [6.07, 6.45) is 6.05. The lowest BCUT2D eigenvalue weighted by atomic mass is 10.2. The third-order valence-corrected chi connectivity index (χ3v) is 1.93. The quantitative estimate of drug-likeness (QED) is 0.568. The first kappa shape index (κ1) is 11.1. The summed E-state index contributed by atoms with van der Waals surface area (Å²) in [6.45, 7) is 0.639. The van der Waals surface area contributed by atoms with Crippen LogP contribution in [0.1, 0.15) is 18.4 Å². The van der Waals surface area contributed by atoms with Crippen LogP contribution in [0.4, 0.5) is 5.69 Å². The fraction of sp³-hybridized carbons (Fsp3) is 0.250. The van der Waals surface area contributed by atoms with Gasteiger partial charge in [0.1, 0.15) is 0 Å². The molecule has 1 aromatic rings. The number of aliphatic carboxylic acids is 1. The van der Waals surface area contributed by atoms with Crippen LogP contribution in [0.25, 0.3) is 0 Å². The summed E-state index contributed by atoms with van der Waals surface area (Å²) < 4.78 is 0. The molecule has 3 nitrogen and oxygen atoms in total. The first-order valence-corrected chi connectivity index (χ1v) is 4.74. The monoisotopic (exact) mass is 203 g/mol. The highest BCUT2D eigenvalue weighted by Gasteiger charge is 1.96. The number of terminal acetylenes is 1. The zero-order chi connectivity index (χ0) is 11.1. The van der Waals surface area contributed by atoms with Gasteiger partial charge in [-0.25, -0.2) is 0 Å². The van der Waals surface area contributed by atoms with Crippen molar-refractivity contribution in [3.05, 3.63) is 29.8 Å². The van der Waals surface area contributed by atoms with Gasteiger partial charge in [-0.3, -0.25) is 4.79 Å². The Kier molecular flexibility index (Phi) is 4.24. The van der Waals surface area contributed by atoms with E-state index in [0.29, 0.717) is 13.0 Å². The van der Waals surface area contributed by atoms with Crippen LogP contribution >= 0.6 is 0 Å². The molecule has 0 aliphatic heterocycles. The minimum Gasteiger partial charge on any atom is -0.481 e. The van der Waals surface area contributed by atoms with Gasteiger partial charge >= 0.3 is 5.97 Å². The lowest BCUT2D eigenvalue weighted by molar-refractivity contribution is -0.137. The van der Waals surface area contributed by atoms with E-state index in [1.54, 1.807) is 0 Å². The molecule has 0 atom stereocenters. The highest BCUT2D eigenvalue weighted by molar-refractivity contribution is 5.66. The number of hydrogen-bond donors (Lipinski definition) is 2. The molecule has 0 aliphatic rings. The molecule has 0 aliphatic carbocycles. The standard InChI is InChI=1S/C12H13NO2/c1-2-10-5-3-6-11(9-10)13-8-4-7-12(14)15/h1,3,5-6,9,13H,4,7-8H2,(H,14,15). The normalized spacial score (nSPS) is 9.27. The largest absolute Gasteiger partial charge is 0.481 e. The summed E-state index contributed by atoms with van der Waals surface area (Å²) >= 11 is 0. The van der Waals surface area contributed by atoms with Crippen LogP contribution in [-0.2, 0) is 4.79 Å². The van der Waals surface area contributed by atoms with Crippen LogP contribution in [0, 0.1) is 12.3 Å². The zero-order valence-corrected chi connectivity index (χ0v) is 8.36. The molecule has 0 saturated carbocycles. The number of hydrogen-bond acceptors (Lipinski definition) is 2. The molecule has 0 bridgehead atoms. The number of carbonyl (C=O) groups is 1. The second-order valence-electron chi connectivity index (χ2n) is 3.15. The number of carboxylic acids is 1. The molecule has 0 radical (unpaired) electrons. The van der Waals surface area contributed by atoms with Gasteiger partial charge in [-0.15, -0.1) is 6.42 Å². The van der Waals surface area contributed by atoms with Crippen molar-refractivity contribution in [3.8, 4) is 12.3 Å². The molecule has 0 spiro atoms. The minimum absolute atomic E-state index is 0.182. The van der Waals surface area contributed by atoms with E-state index in [4.69, 9.17) is 11.5 Å². The maximum Gasteiger partial charge on any atom is 0.303 e. The topological polar surface area (TPSA) is 49.3 Å². The van der Waals surface area contributed by atoms with E-state index in [1.165, 1.54) is 0 Å². The van der Waals surface area contributed by atoms with Crippen molar-refractivity contribution in [3.63, 3.8) is 0 Å². The summed E-state index contributed by atoms with van der Waals surface area (Å²) in [5.74, 6) is 1.77. The number of benzene rings is 1. The summed E-state index contributed by atoms with van der Waals surface area (Å²) in [6, 6.07) is 7.49. The van der Waals surface area contributed by atoms with Gasteiger partial charge in [-0.2, -0.15) is 0 Å². The first-order valence-electron chi connectivity index (χ1n) is 4.74. The lowest BCUT2D eigenvalue weighted by Gasteiger charge is -2.05. The van der Waals surface area contributed by atoms with Crippen LogP contribution in [0.2, 0.25) is 0 Å². The predicted molar refractivity (Wildman–Crippen MR) is 59.7 cm³/mol. The maximum atomic E-state index is 10.3. The van der Waals surface area contributed by atoms with E-state index in [-0.39, 0.29) is 6.42 Å². The summed E-state index contributed by atoms with van der Waals surface area (Å²) in [5, 5.41) is 11.6. The third kappa shape index (κ3) is 4.19. The van der Waals surface area contributed by atoms with Crippen molar-refractivity contribution in [2.45, 2.75) is 12.8 Å². The number of carboxylic acid groups (broad SMARTS) is 1. The number of nitrogens with one attached hydrogen (secondary N) is 1. The van der Waals surface area contributed by atoms with Gasteiger partial charge in [0.05, 0.1) is 0 Å². The molecular formula is C12H13NO2. The second kappa shape index (κ2) is 5.71. The fourth-order valence-corrected chi connectivity index (χ4v) is 1.19. The molecule has 0 aromatic heterocycles. The van der Waals surface area contributed by atoms with Crippen molar-refractivity contribution in [1.82, 2.24) is 0 Å². The van der Waals surface area contributed by atoms with Gasteiger partial charge in [0.25, 0.3) is 0 Å². The number of anilines is 1. The molecule has 0 heterocycles. The molecule has 78 valence electrons. The molecule has 2 N–H and O–H groups in total. The summed E-state index contributed by atoms with van der Waals surface area (Å²) in [4.78, 5) is 10.3. The molecular weight excluding hydrogens is 190 g/mol. The zero-order valence-electron chi connectivity index (χ0n) is 8.36. The van der Waals surface area contributed by atoms with E-state index < -0.39 is 5.97 Å². The Morgan fingerprint density at radius 2 is 2.33 bits per heavy atom. The Morgan fingerprint density at radius 1 is 1.53 bits per heavy atom. The smallest absolute Gasteiger partial charge is 0.303 e. The highest BCUT2D eigenvalue weighted by atomic mass is 16.4. The summed E-state index contributed by atoms with van der Waals surface area (Å²) in [7, 11) is 0. The molecule has 1 rings (SSSR count). The van der Waals surface area contributed by atoms with Crippen molar-refractivity contribution in [2.75, 3.05) is 11.9 Å². The lowest BCUT2D eigenvalue weighted by Crippen LogP contribution is -2.04. The third-order valence-electron chi connectivity index (χ3n) is 1.93. The predicted octanol–water partition coefficient (Wildman–Crippen LogP) is 1.94. The van der Waals surface area contributed by atoms with E-state index in [0.717, 1.165) is 11.3 Å². The average molecular weight is 203 g/mol. The van der Waals surface area contributed by atoms with Crippen molar-refractivity contribution < 1.29 is 9.90 Å². The van der Waals surface area contributed by atoms with Crippen molar-refractivity contribution in [1.29, 1.82) is 0 Å². The Balaban J connectivity index is 2.38. The molecule has 0 fully saturated rings. The summed E-state index contributed by atoms with van der Waals surface area (Å²) in [5.41, 5.74) is 1.74. The second-order valence-corrected chi connectivity index (χ2v) is 3.15. The van der Waals surface area contributed by atoms with Crippen LogP contribution in [0.5, 0.6) is 0 Å². The van der Waals surface area contributed by atoms with Gasteiger partial charge in [0.2, 0.25) is 0 Å². The molecule has 0 unspecified atom stereocenters. The van der Waals surface area contributed by atoms with Gasteiger partial charge in [-0.1, -0.05) is 12.0 Å². The van der Waals surface area contributed by atoms with Crippen molar-refractivity contribution in [2.24, 2.45) is 0 Å². The molecule has 15 heavy (non-hydrogen) atoms. The number of rotatable bonds is 5. The Labute approximate surface area is 89.1 Å². The highest BCUT2D eigenvalue weighted by Crippen LogP contribution is 2.09. The van der Waals surface area contributed by atoms with E-state index in [1.807, 2.05) is 24.3 Å². The van der Waals surface area contributed by atoms with Crippen LogP contribution in [0.3, 0.4) is 0 Å². The Hall–Kier alpha value is -1.95.